The van der Waals surface area contributed by atoms with Crippen molar-refractivity contribution in [2.45, 2.75) is 25.3 Å². The molecule has 3 rings (SSSR count). The number of morpholine rings is 1. The minimum atomic E-state index is 0.0469. The summed E-state index contributed by atoms with van der Waals surface area (Å²) < 4.78 is 5.41. The van der Waals surface area contributed by atoms with E-state index in [-0.39, 0.29) is 11.9 Å². The fourth-order valence-electron chi connectivity index (χ4n) is 3.56. The molecule has 0 aliphatic carbocycles. The first-order valence-electron chi connectivity index (χ1n) is 9.06. The summed E-state index contributed by atoms with van der Waals surface area (Å²) in [5.74, 6) is 0.0469. The molecule has 1 atom stereocenters. The molecule has 0 saturated carbocycles. The summed E-state index contributed by atoms with van der Waals surface area (Å²) in [4.78, 5) is 17.1. The van der Waals surface area contributed by atoms with E-state index in [1.54, 1.807) is 18.2 Å². The van der Waals surface area contributed by atoms with Crippen molar-refractivity contribution in [1.82, 2.24) is 9.80 Å². The maximum atomic E-state index is 12.7. The average molecular weight is 339 g/mol. The van der Waals surface area contributed by atoms with Gasteiger partial charge in [-0.15, -0.1) is 0 Å². The van der Waals surface area contributed by atoms with Gasteiger partial charge in [0.1, 0.15) is 0 Å². The summed E-state index contributed by atoms with van der Waals surface area (Å²) in [5.41, 5.74) is 1.38. The molecule has 5 nitrogen and oxygen atoms in total. The highest BCUT2D eigenvalue weighted by molar-refractivity contribution is 5.92. The highest BCUT2D eigenvalue weighted by atomic mass is 16.5. The lowest BCUT2D eigenvalue weighted by molar-refractivity contribution is -0.130. The molecule has 25 heavy (non-hydrogen) atoms. The number of carbonyl (C=O) groups is 1. The van der Waals surface area contributed by atoms with E-state index in [4.69, 9.17) is 10.00 Å². The third kappa shape index (κ3) is 4.68. The summed E-state index contributed by atoms with van der Waals surface area (Å²) in [6, 6.07) is 9.79. The first-order chi connectivity index (χ1) is 12.3. The average Bonchev–Trinajstić information content (AvgIpc) is 2.67. The smallest absolute Gasteiger partial charge is 0.246 e. The number of amides is 1. The minimum Gasteiger partial charge on any atom is -0.379 e. The fraction of sp³-hybridized carbons (Fsp3) is 0.500. The summed E-state index contributed by atoms with van der Waals surface area (Å²) in [5, 5.41) is 9.16. The van der Waals surface area contributed by atoms with Crippen LogP contribution in [0.1, 0.15) is 30.4 Å². The molecule has 132 valence electrons. The third-order valence-electron chi connectivity index (χ3n) is 4.97. The molecule has 0 N–H and O–H groups in total. The Kier molecular flexibility index (Phi) is 6.21. The molecular formula is C20H25N3O2. The van der Waals surface area contributed by atoms with Crippen LogP contribution in [0.2, 0.25) is 0 Å². The largest absolute Gasteiger partial charge is 0.379 e. The predicted octanol–water partition coefficient (Wildman–Crippen LogP) is 2.28. The van der Waals surface area contributed by atoms with E-state index < -0.39 is 0 Å². The molecule has 2 fully saturated rings. The van der Waals surface area contributed by atoms with Gasteiger partial charge in [-0.05, 0) is 37.0 Å². The summed E-state index contributed by atoms with van der Waals surface area (Å²) in [6.45, 7) is 5.21. The number of benzene rings is 1. The molecule has 1 aromatic rings. The van der Waals surface area contributed by atoms with E-state index >= 15 is 0 Å². The van der Waals surface area contributed by atoms with Crippen molar-refractivity contribution in [2.24, 2.45) is 0 Å². The molecule has 5 heteroatoms. The second-order valence-corrected chi connectivity index (χ2v) is 6.63. The van der Waals surface area contributed by atoms with Crippen molar-refractivity contribution < 1.29 is 9.53 Å². The summed E-state index contributed by atoms with van der Waals surface area (Å²) in [6.07, 6.45) is 6.69. The van der Waals surface area contributed by atoms with E-state index in [0.29, 0.717) is 5.56 Å². The summed E-state index contributed by atoms with van der Waals surface area (Å²) >= 11 is 0. The first kappa shape index (κ1) is 17.7. The lowest BCUT2D eigenvalue weighted by atomic mass is 10.0. The number of carbonyl (C=O) groups excluding carboxylic acids is 1. The van der Waals surface area contributed by atoms with Crippen LogP contribution in [0, 0.1) is 11.3 Å². The Labute approximate surface area is 149 Å². The van der Waals surface area contributed by atoms with Crippen molar-refractivity contribution in [3.63, 3.8) is 0 Å². The zero-order valence-corrected chi connectivity index (χ0v) is 14.6. The van der Waals surface area contributed by atoms with E-state index in [9.17, 15) is 4.79 Å². The van der Waals surface area contributed by atoms with Gasteiger partial charge in [0.05, 0.1) is 24.8 Å². The zero-order chi connectivity index (χ0) is 17.5. The van der Waals surface area contributed by atoms with Crippen LogP contribution in [0.5, 0.6) is 0 Å². The van der Waals surface area contributed by atoms with Crippen molar-refractivity contribution in [2.75, 3.05) is 39.4 Å². The fourth-order valence-corrected chi connectivity index (χ4v) is 3.56. The van der Waals surface area contributed by atoms with Crippen LogP contribution >= 0.6 is 0 Å². The molecule has 2 aliphatic heterocycles. The van der Waals surface area contributed by atoms with Gasteiger partial charge in [-0.2, -0.15) is 5.26 Å². The monoisotopic (exact) mass is 339 g/mol. The Morgan fingerprint density at radius 1 is 1.24 bits per heavy atom. The maximum absolute atomic E-state index is 12.7. The lowest BCUT2D eigenvalue weighted by Crippen LogP contribution is -2.51. The number of hydrogen-bond donors (Lipinski definition) is 0. The Hall–Kier alpha value is -2.16. The third-order valence-corrected chi connectivity index (χ3v) is 4.97. The topological polar surface area (TPSA) is 56.6 Å². The molecule has 1 aromatic carbocycles. The van der Waals surface area contributed by atoms with Crippen LogP contribution in [0.4, 0.5) is 0 Å². The van der Waals surface area contributed by atoms with Gasteiger partial charge in [0.15, 0.2) is 0 Å². The van der Waals surface area contributed by atoms with Gasteiger partial charge in [-0.1, -0.05) is 18.2 Å². The number of piperidine rings is 1. The molecular weight excluding hydrogens is 314 g/mol. The molecule has 0 radical (unpaired) electrons. The van der Waals surface area contributed by atoms with Crippen LogP contribution in [-0.4, -0.2) is 61.1 Å². The van der Waals surface area contributed by atoms with Crippen LogP contribution in [0.15, 0.2) is 30.3 Å². The SMILES string of the molecule is N#Cc1ccccc1/C=C/C(=O)N1CCCCC1CN1CCOCC1. The Morgan fingerprint density at radius 2 is 2.04 bits per heavy atom. The molecule has 0 aromatic heterocycles. The molecule has 2 saturated heterocycles. The lowest BCUT2D eigenvalue weighted by Gasteiger charge is -2.39. The van der Waals surface area contributed by atoms with Crippen molar-refractivity contribution >= 4 is 12.0 Å². The van der Waals surface area contributed by atoms with Gasteiger partial charge in [0, 0.05) is 38.3 Å². The number of likely N-dealkylation sites (tertiary alicyclic amines) is 1. The van der Waals surface area contributed by atoms with Crippen molar-refractivity contribution in [1.29, 1.82) is 5.26 Å². The number of rotatable bonds is 4. The normalized spacial score (nSPS) is 22.0. The van der Waals surface area contributed by atoms with Gasteiger partial charge in [0.25, 0.3) is 0 Å². The Bertz CT molecular complexity index is 659. The number of nitriles is 1. The predicted molar refractivity (Wildman–Crippen MR) is 96.8 cm³/mol. The van der Waals surface area contributed by atoms with Crippen LogP contribution in [-0.2, 0) is 9.53 Å². The van der Waals surface area contributed by atoms with E-state index in [2.05, 4.69) is 11.0 Å². The van der Waals surface area contributed by atoms with Crippen molar-refractivity contribution in [3.8, 4) is 6.07 Å². The van der Waals surface area contributed by atoms with Gasteiger partial charge in [-0.25, -0.2) is 0 Å². The first-order valence-corrected chi connectivity index (χ1v) is 9.06. The van der Waals surface area contributed by atoms with E-state index in [1.807, 2.05) is 23.1 Å². The van der Waals surface area contributed by atoms with Gasteiger partial charge in [0.2, 0.25) is 5.91 Å². The Balaban J connectivity index is 1.66. The number of ether oxygens (including phenoxy) is 1. The van der Waals surface area contributed by atoms with Crippen LogP contribution < -0.4 is 0 Å². The van der Waals surface area contributed by atoms with Gasteiger partial charge < -0.3 is 9.64 Å². The molecule has 1 unspecified atom stereocenters. The molecule has 1 amide bonds. The molecule has 2 heterocycles. The number of nitrogens with zero attached hydrogens (tertiary/aromatic N) is 3. The molecule has 2 aliphatic rings. The molecule has 0 bridgehead atoms. The highest BCUT2D eigenvalue weighted by Crippen LogP contribution is 2.19. The van der Waals surface area contributed by atoms with E-state index in [1.165, 1.54) is 6.42 Å². The van der Waals surface area contributed by atoms with Gasteiger partial charge in [-0.3, -0.25) is 9.69 Å². The Morgan fingerprint density at radius 3 is 2.84 bits per heavy atom. The quantitative estimate of drug-likeness (QED) is 0.790. The van der Waals surface area contributed by atoms with Crippen molar-refractivity contribution in [3.05, 3.63) is 41.5 Å². The second kappa shape index (κ2) is 8.80. The minimum absolute atomic E-state index is 0.0469. The highest BCUT2D eigenvalue weighted by Gasteiger charge is 2.27. The maximum Gasteiger partial charge on any atom is 0.246 e. The second-order valence-electron chi connectivity index (χ2n) is 6.63. The standard InChI is InChI=1S/C20H25N3O2/c21-15-18-6-2-1-5-17(18)8-9-20(24)23-10-4-3-7-19(23)16-22-11-13-25-14-12-22/h1-2,5-6,8-9,19H,3-4,7,10-14,16H2/b9-8+. The van der Waals surface area contributed by atoms with Gasteiger partial charge >= 0.3 is 0 Å². The van der Waals surface area contributed by atoms with Crippen LogP contribution in [0.3, 0.4) is 0 Å². The van der Waals surface area contributed by atoms with Crippen LogP contribution in [0.25, 0.3) is 6.08 Å². The zero-order valence-electron chi connectivity index (χ0n) is 14.6. The molecule has 0 spiro atoms. The number of hydrogen-bond acceptors (Lipinski definition) is 4. The van der Waals surface area contributed by atoms with E-state index in [0.717, 1.165) is 57.8 Å². The summed E-state index contributed by atoms with van der Waals surface area (Å²) in [7, 11) is 0.